The first-order valence-electron chi connectivity index (χ1n) is 21.8. The highest BCUT2D eigenvalue weighted by molar-refractivity contribution is 5.94. The summed E-state index contributed by atoms with van der Waals surface area (Å²) in [6.45, 7) is 8.52. The second-order valence-corrected chi connectivity index (χ2v) is 17.0. The standard InChI is InChI=1S/C46H68O8/c1-4-32-11-15-34(16-12-32)36-19-23-38(24-20-36)44(48)53-40-27-28-42(41(31-40)46(50)52-30-10-8-7-9-29-51-43(47)6-3)54-45(49)39-25-21-37(22-26-39)35-17-13-33(5-2)14-18-35/h6,27-28,31-39H,3-5,7-26,29-30H2,1-2H3. The van der Waals surface area contributed by atoms with Gasteiger partial charge in [0.25, 0.3) is 0 Å². The number of hydrogen-bond acceptors (Lipinski definition) is 8. The van der Waals surface area contributed by atoms with Crippen molar-refractivity contribution in [2.45, 2.75) is 155 Å². The lowest BCUT2D eigenvalue weighted by Crippen LogP contribution is -2.30. The van der Waals surface area contributed by atoms with Crippen LogP contribution in [0.2, 0.25) is 0 Å². The lowest BCUT2D eigenvalue weighted by atomic mass is 9.69. The summed E-state index contributed by atoms with van der Waals surface area (Å²) in [7, 11) is 0. The van der Waals surface area contributed by atoms with Gasteiger partial charge in [-0.1, -0.05) is 59.0 Å². The molecule has 0 heterocycles. The molecule has 0 radical (unpaired) electrons. The van der Waals surface area contributed by atoms with Crippen LogP contribution in [-0.2, 0) is 23.9 Å². The number of unbranched alkanes of at least 4 members (excludes halogenated alkanes) is 3. The quantitative estimate of drug-likeness (QED) is 0.0671. The Labute approximate surface area is 324 Å². The van der Waals surface area contributed by atoms with Crippen LogP contribution in [0.3, 0.4) is 0 Å². The van der Waals surface area contributed by atoms with E-state index < -0.39 is 11.9 Å². The van der Waals surface area contributed by atoms with E-state index in [1.54, 1.807) is 12.1 Å². The van der Waals surface area contributed by atoms with Gasteiger partial charge in [-0.25, -0.2) is 9.59 Å². The van der Waals surface area contributed by atoms with Gasteiger partial charge in [-0.2, -0.15) is 0 Å². The van der Waals surface area contributed by atoms with Crippen molar-refractivity contribution in [1.29, 1.82) is 0 Å². The van der Waals surface area contributed by atoms with Gasteiger partial charge >= 0.3 is 23.9 Å². The summed E-state index contributed by atoms with van der Waals surface area (Å²) < 4.78 is 22.5. The number of carbonyl (C=O) groups is 4. The lowest BCUT2D eigenvalue weighted by molar-refractivity contribution is -0.141. The van der Waals surface area contributed by atoms with Crippen molar-refractivity contribution in [2.75, 3.05) is 13.2 Å². The minimum atomic E-state index is -0.611. The Bertz CT molecular complexity index is 1350. The summed E-state index contributed by atoms with van der Waals surface area (Å²) in [6.07, 6.45) is 24.8. The summed E-state index contributed by atoms with van der Waals surface area (Å²) in [5, 5.41) is 0. The van der Waals surface area contributed by atoms with Crippen LogP contribution in [0.4, 0.5) is 0 Å². The molecule has 5 rings (SSSR count). The van der Waals surface area contributed by atoms with E-state index in [1.807, 2.05) is 0 Å². The van der Waals surface area contributed by atoms with E-state index in [1.165, 1.54) is 70.3 Å². The Balaban J connectivity index is 1.14. The van der Waals surface area contributed by atoms with E-state index in [-0.39, 0.29) is 47.4 Å². The van der Waals surface area contributed by atoms with Gasteiger partial charge in [0, 0.05) is 6.08 Å². The third-order valence-electron chi connectivity index (χ3n) is 13.8. The Morgan fingerprint density at radius 2 is 1.04 bits per heavy atom. The summed E-state index contributed by atoms with van der Waals surface area (Å²) in [6, 6.07) is 4.69. The molecule has 300 valence electrons. The number of hydrogen-bond donors (Lipinski definition) is 0. The number of benzene rings is 1. The summed E-state index contributed by atoms with van der Waals surface area (Å²) in [5.41, 5.74) is 0.0951. The average Bonchev–Trinajstić information content (AvgIpc) is 3.22. The van der Waals surface area contributed by atoms with E-state index in [9.17, 15) is 19.2 Å². The molecular weight excluding hydrogens is 680 g/mol. The lowest BCUT2D eigenvalue weighted by Gasteiger charge is -2.37. The van der Waals surface area contributed by atoms with Crippen molar-refractivity contribution in [3.63, 3.8) is 0 Å². The van der Waals surface area contributed by atoms with E-state index in [0.29, 0.717) is 31.3 Å². The fourth-order valence-electron chi connectivity index (χ4n) is 10.0. The second-order valence-electron chi connectivity index (χ2n) is 17.0. The molecule has 8 heteroatoms. The fraction of sp³-hybridized carbons (Fsp3) is 0.739. The van der Waals surface area contributed by atoms with Crippen molar-refractivity contribution < 1.29 is 38.1 Å². The molecule has 0 bridgehead atoms. The van der Waals surface area contributed by atoms with Gasteiger partial charge in [-0.15, -0.1) is 0 Å². The average molecular weight is 749 g/mol. The predicted molar refractivity (Wildman–Crippen MR) is 210 cm³/mol. The highest BCUT2D eigenvalue weighted by Gasteiger charge is 2.35. The maximum absolute atomic E-state index is 13.5. The van der Waals surface area contributed by atoms with Crippen molar-refractivity contribution in [3.8, 4) is 11.5 Å². The van der Waals surface area contributed by atoms with E-state index >= 15 is 0 Å². The summed E-state index contributed by atoms with van der Waals surface area (Å²) >= 11 is 0. The molecule has 1 aromatic carbocycles. The first-order valence-corrected chi connectivity index (χ1v) is 21.8. The van der Waals surface area contributed by atoms with Crippen molar-refractivity contribution in [2.24, 2.45) is 47.3 Å². The third kappa shape index (κ3) is 12.4. The minimum absolute atomic E-state index is 0.0951. The van der Waals surface area contributed by atoms with E-state index in [0.717, 1.165) is 94.0 Å². The molecule has 4 aliphatic rings. The van der Waals surface area contributed by atoms with E-state index in [2.05, 4.69) is 20.4 Å². The molecule has 0 N–H and O–H groups in total. The van der Waals surface area contributed by atoms with Gasteiger partial charge in [0.15, 0.2) is 0 Å². The predicted octanol–water partition coefficient (Wildman–Crippen LogP) is 11.0. The maximum Gasteiger partial charge on any atom is 0.342 e. The molecule has 0 atom stereocenters. The molecule has 0 unspecified atom stereocenters. The number of esters is 4. The Morgan fingerprint density at radius 1 is 0.593 bits per heavy atom. The normalized spacial score (nSPS) is 28.7. The molecule has 1 aromatic rings. The van der Waals surface area contributed by atoms with Crippen LogP contribution in [0.1, 0.15) is 165 Å². The van der Waals surface area contributed by atoms with Crippen molar-refractivity contribution in [1.82, 2.24) is 0 Å². The zero-order valence-electron chi connectivity index (χ0n) is 33.4. The molecular formula is C46H68O8. The van der Waals surface area contributed by atoms with Crippen LogP contribution >= 0.6 is 0 Å². The second kappa shape index (κ2) is 21.8. The first-order chi connectivity index (χ1) is 26.3. The largest absolute Gasteiger partial charge is 0.463 e. The molecule has 4 aliphatic carbocycles. The number of rotatable bonds is 17. The van der Waals surface area contributed by atoms with Crippen LogP contribution in [-0.4, -0.2) is 37.1 Å². The highest BCUT2D eigenvalue weighted by Crippen LogP contribution is 2.44. The molecule has 54 heavy (non-hydrogen) atoms. The van der Waals surface area contributed by atoms with Gasteiger partial charge in [-0.3, -0.25) is 9.59 Å². The monoisotopic (exact) mass is 748 g/mol. The van der Waals surface area contributed by atoms with Gasteiger partial charge in [0.2, 0.25) is 0 Å². The molecule has 0 aromatic heterocycles. The van der Waals surface area contributed by atoms with Crippen LogP contribution in [0.5, 0.6) is 11.5 Å². The minimum Gasteiger partial charge on any atom is -0.463 e. The van der Waals surface area contributed by atoms with Crippen molar-refractivity contribution in [3.05, 3.63) is 36.4 Å². The third-order valence-corrected chi connectivity index (χ3v) is 13.8. The van der Waals surface area contributed by atoms with E-state index in [4.69, 9.17) is 18.9 Å². The molecule has 8 nitrogen and oxygen atoms in total. The SMILES string of the molecule is C=CC(=O)OCCCCCCOC(=O)c1cc(OC(=O)C2CCC(C3CCC(CC)CC3)CC2)ccc1OC(=O)C1CCC(C2CCC(CC)CC2)CC1. The Morgan fingerprint density at radius 3 is 1.50 bits per heavy atom. The Hall–Kier alpha value is -3.16. The zero-order valence-corrected chi connectivity index (χ0v) is 33.4. The number of ether oxygens (including phenoxy) is 4. The Kier molecular flexibility index (Phi) is 17.0. The molecule has 0 aliphatic heterocycles. The molecule has 4 saturated carbocycles. The summed E-state index contributed by atoms with van der Waals surface area (Å²) in [5.74, 6) is 3.16. The molecule has 0 spiro atoms. The highest BCUT2D eigenvalue weighted by atomic mass is 16.6. The molecule has 0 saturated heterocycles. The fourth-order valence-corrected chi connectivity index (χ4v) is 10.0. The van der Waals surface area contributed by atoms with Gasteiger partial charge < -0.3 is 18.9 Å². The molecule has 0 amide bonds. The number of carbonyl (C=O) groups excluding carboxylic acids is 4. The van der Waals surface area contributed by atoms with Gasteiger partial charge in [-0.05, 0) is 156 Å². The van der Waals surface area contributed by atoms with Crippen LogP contribution in [0.25, 0.3) is 0 Å². The van der Waals surface area contributed by atoms with Gasteiger partial charge in [0.05, 0.1) is 25.0 Å². The maximum atomic E-state index is 13.5. The zero-order chi connectivity index (χ0) is 38.3. The first kappa shape index (κ1) is 42.0. The van der Waals surface area contributed by atoms with Crippen LogP contribution < -0.4 is 9.47 Å². The summed E-state index contributed by atoms with van der Waals surface area (Å²) in [4.78, 5) is 51.6. The smallest absolute Gasteiger partial charge is 0.342 e. The van der Waals surface area contributed by atoms with Crippen LogP contribution in [0.15, 0.2) is 30.9 Å². The van der Waals surface area contributed by atoms with Gasteiger partial charge in [0.1, 0.15) is 17.1 Å². The molecule has 4 fully saturated rings. The topological polar surface area (TPSA) is 105 Å². The van der Waals surface area contributed by atoms with Crippen LogP contribution in [0, 0.1) is 47.3 Å². The van der Waals surface area contributed by atoms with Crippen molar-refractivity contribution >= 4 is 23.9 Å².